The molecule has 0 amide bonds. The van der Waals surface area contributed by atoms with Crippen LogP contribution in [0.2, 0.25) is 0 Å². The third kappa shape index (κ3) is 2.15. The SMILES string of the molecule is [O-]P1(Oc2ccccc2)=CCCC1. The molecule has 0 bridgehead atoms. The summed E-state index contributed by atoms with van der Waals surface area (Å²) in [6, 6.07) is 9.37. The van der Waals surface area contributed by atoms with Gasteiger partial charge in [0, 0.05) is 0 Å². The average Bonchev–Trinajstić information content (AvgIpc) is 2.54. The van der Waals surface area contributed by atoms with Gasteiger partial charge in [-0.3, -0.25) is 0 Å². The van der Waals surface area contributed by atoms with Crippen molar-refractivity contribution in [2.45, 2.75) is 12.8 Å². The van der Waals surface area contributed by atoms with Gasteiger partial charge in [0.05, 0.1) is 0 Å². The smallest absolute Gasteiger partial charge is 0.121 e. The van der Waals surface area contributed by atoms with Gasteiger partial charge >= 0.3 is 0 Å². The van der Waals surface area contributed by atoms with Crippen LogP contribution in [0.15, 0.2) is 30.3 Å². The second kappa shape index (κ2) is 3.57. The van der Waals surface area contributed by atoms with Crippen LogP contribution >= 0.6 is 7.34 Å². The third-order valence-corrected chi connectivity index (χ3v) is 4.36. The van der Waals surface area contributed by atoms with Crippen LogP contribution in [0.5, 0.6) is 5.75 Å². The van der Waals surface area contributed by atoms with E-state index in [9.17, 15) is 4.89 Å². The van der Waals surface area contributed by atoms with E-state index < -0.39 is 7.34 Å². The van der Waals surface area contributed by atoms with E-state index >= 15 is 0 Å². The molecule has 0 aliphatic carbocycles. The first-order chi connectivity index (χ1) is 6.29. The lowest BCUT2D eigenvalue weighted by Crippen LogP contribution is -2.09. The fourth-order valence-electron chi connectivity index (χ4n) is 1.43. The maximum atomic E-state index is 11.9. The van der Waals surface area contributed by atoms with E-state index in [1.165, 1.54) is 0 Å². The summed E-state index contributed by atoms with van der Waals surface area (Å²) in [6.45, 7) is 0. The van der Waals surface area contributed by atoms with Crippen molar-refractivity contribution in [3.63, 3.8) is 0 Å². The first kappa shape index (κ1) is 8.86. The molecule has 1 aromatic rings. The Balaban J connectivity index is 2.14. The zero-order chi connectivity index (χ0) is 9.15. The Morgan fingerprint density at radius 3 is 2.62 bits per heavy atom. The molecule has 2 nitrogen and oxygen atoms in total. The van der Waals surface area contributed by atoms with Crippen LogP contribution < -0.4 is 9.42 Å². The summed E-state index contributed by atoms with van der Waals surface area (Å²) in [5, 5.41) is 0. The van der Waals surface area contributed by atoms with Gasteiger partial charge in [0.25, 0.3) is 0 Å². The largest absolute Gasteiger partial charge is 0.800 e. The monoisotopic (exact) mass is 195 g/mol. The summed E-state index contributed by atoms with van der Waals surface area (Å²) < 4.78 is 5.46. The van der Waals surface area contributed by atoms with E-state index in [0.29, 0.717) is 11.9 Å². The van der Waals surface area contributed by atoms with Crippen molar-refractivity contribution in [1.29, 1.82) is 0 Å². The quantitative estimate of drug-likeness (QED) is 0.675. The van der Waals surface area contributed by atoms with E-state index in [2.05, 4.69) is 0 Å². The molecule has 1 aromatic carbocycles. The minimum Gasteiger partial charge on any atom is -0.800 e. The molecule has 0 radical (unpaired) electrons. The third-order valence-electron chi connectivity index (χ3n) is 2.08. The van der Waals surface area contributed by atoms with Crippen molar-refractivity contribution in [2.75, 3.05) is 6.16 Å². The normalized spacial score (nSPS) is 26.8. The summed E-state index contributed by atoms with van der Waals surface area (Å²) in [7, 11) is -2.42. The molecular weight excluding hydrogens is 183 g/mol. The summed E-state index contributed by atoms with van der Waals surface area (Å²) in [6.07, 6.45) is 2.61. The molecule has 0 fully saturated rings. The van der Waals surface area contributed by atoms with Crippen LogP contribution in [0.3, 0.4) is 0 Å². The summed E-state index contributed by atoms with van der Waals surface area (Å²) >= 11 is 0. The predicted molar refractivity (Wildman–Crippen MR) is 54.2 cm³/mol. The summed E-state index contributed by atoms with van der Waals surface area (Å²) in [4.78, 5) is 11.9. The van der Waals surface area contributed by atoms with Crippen molar-refractivity contribution < 1.29 is 9.42 Å². The fourth-order valence-corrected chi connectivity index (χ4v) is 3.46. The molecule has 13 heavy (non-hydrogen) atoms. The van der Waals surface area contributed by atoms with Crippen molar-refractivity contribution >= 4 is 13.1 Å². The van der Waals surface area contributed by atoms with Crippen LogP contribution in [0.4, 0.5) is 0 Å². The highest BCUT2D eigenvalue weighted by Crippen LogP contribution is 2.44. The Kier molecular flexibility index (Phi) is 2.43. The minimum atomic E-state index is -2.42. The Bertz CT molecular complexity index is 332. The molecular formula is C10H12O2P-. The Labute approximate surface area is 78.3 Å². The highest BCUT2D eigenvalue weighted by molar-refractivity contribution is 7.64. The number of rotatable bonds is 2. The lowest BCUT2D eigenvalue weighted by Gasteiger charge is -2.29. The van der Waals surface area contributed by atoms with Crippen LogP contribution in [0.1, 0.15) is 12.8 Å². The van der Waals surface area contributed by atoms with Gasteiger partial charge in [0.2, 0.25) is 0 Å². The Morgan fingerprint density at radius 1 is 1.23 bits per heavy atom. The van der Waals surface area contributed by atoms with Gasteiger partial charge in [0.15, 0.2) is 0 Å². The molecule has 70 valence electrons. The molecule has 0 saturated heterocycles. The molecule has 1 heterocycles. The number of benzene rings is 1. The van der Waals surface area contributed by atoms with Gasteiger partial charge in [0.1, 0.15) is 5.75 Å². The maximum absolute atomic E-state index is 11.9. The van der Waals surface area contributed by atoms with E-state index in [-0.39, 0.29) is 0 Å². The second-order valence-corrected chi connectivity index (χ2v) is 5.63. The van der Waals surface area contributed by atoms with Crippen LogP contribution in [0.25, 0.3) is 0 Å². The number of hydrogen-bond acceptors (Lipinski definition) is 2. The lowest BCUT2D eigenvalue weighted by atomic mass is 10.3. The van der Waals surface area contributed by atoms with Gasteiger partial charge < -0.3 is 9.42 Å². The molecule has 0 N–H and O–H groups in total. The highest BCUT2D eigenvalue weighted by atomic mass is 31.2. The van der Waals surface area contributed by atoms with Crippen molar-refractivity contribution in [1.82, 2.24) is 0 Å². The topological polar surface area (TPSA) is 32.3 Å². The van der Waals surface area contributed by atoms with Gasteiger partial charge in [-0.15, -0.1) is 0 Å². The Hall–Kier alpha value is -0.720. The van der Waals surface area contributed by atoms with Gasteiger partial charge in [-0.2, -0.15) is 0 Å². The number of para-hydroxylation sites is 1. The van der Waals surface area contributed by atoms with E-state index in [4.69, 9.17) is 4.52 Å². The van der Waals surface area contributed by atoms with E-state index in [1.807, 2.05) is 36.1 Å². The molecule has 1 unspecified atom stereocenters. The van der Waals surface area contributed by atoms with Crippen molar-refractivity contribution in [3.8, 4) is 5.75 Å². The van der Waals surface area contributed by atoms with E-state index in [0.717, 1.165) is 12.8 Å². The minimum absolute atomic E-state index is 0.696. The number of hydrogen-bond donors (Lipinski definition) is 0. The zero-order valence-corrected chi connectivity index (χ0v) is 8.24. The van der Waals surface area contributed by atoms with Gasteiger partial charge in [-0.1, -0.05) is 24.0 Å². The van der Waals surface area contributed by atoms with Crippen molar-refractivity contribution in [2.24, 2.45) is 0 Å². The average molecular weight is 195 g/mol. The molecule has 3 heteroatoms. The van der Waals surface area contributed by atoms with Crippen molar-refractivity contribution in [3.05, 3.63) is 30.3 Å². The first-order valence-corrected chi connectivity index (χ1v) is 6.34. The summed E-state index contributed by atoms with van der Waals surface area (Å²) in [5.41, 5.74) is 0. The molecule has 0 spiro atoms. The predicted octanol–water partition coefficient (Wildman–Crippen LogP) is 1.87. The highest BCUT2D eigenvalue weighted by Gasteiger charge is 2.10. The molecule has 2 rings (SSSR count). The standard InChI is InChI=1S/C10H12O2P/c11-13(8-4-5-9-13)12-10-6-2-1-3-7-10/h1-3,6-8H,4-5,9H2/q-1. The molecule has 0 saturated carbocycles. The molecule has 1 atom stereocenters. The van der Waals surface area contributed by atoms with Crippen LogP contribution in [-0.4, -0.2) is 12.0 Å². The fraction of sp³-hybridized carbons (Fsp3) is 0.300. The molecule has 0 aromatic heterocycles. The zero-order valence-electron chi connectivity index (χ0n) is 7.35. The van der Waals surface area contributed by atoms with Gasteiger partial charge in [-0.25, -0.2) is 0 Å². The first-order valence-electron chi connectivity index (χ1n) is 4.46. The van der Waals surface area contributed by atoms with Crippen LogP contribution in [0, 0.1) is 0 Å². The van der Waals surface area contributed by atoms with Gasteiger partial charge in [-0.05, 0) is 38.5 Å². The maximum Gasteiger partial charge on any atom is 0.121 e. The summed E-state index contributed by atoms with van der Waals surface area (Å²) in [5.74, 6) is 2.55. The molecule has 1 aliphatic rings. The Morgan fingerprint density at radius 2 is 2.00 bits per heavy atom. The van der Waals surface area contributed by atoms with E-state index in [1.54, 1.807) is 0 Å². The molecule has 1 aliphatic heterocycles. The van der Waals surface area contributed by atoms with Crippen LogP contribution in [-0.2, 0) is 0 Å². The second-order valence-electron chi connectivity index (χ2n) is 3.18. The lowest BCUT2D eigenvalue weighted by molar-refractivity contribution is -0.176.